The normalized spacial score (nSPS) is 24.2. The first-order valence-corrected chi connectivity index (χ1v) is 4.91. The molecule has 1 aromatic carbocycles. The van der Waals surface area contributed by atoms with Gasteiger partial charge in [-0.15, -0.1) is 0 Å². The Hall–Kier alpha value is -1.26. The Balaban J connectivity index is 2.45. The van der Waals surface area contributed by atoms with E-state index in [9.17, 15) is 5.11 Å². The molecule has 2 rings (SSSR count). The van der Waals surface area contributed by atoms with Crippen molar-refractivity contribution in [3.8, 4) is 11.5 Å². The second-order valence-corrected chi connectivity index (χ2v) is 3.77. The van der Waals surface area contributed by atoms with E-state index < -0.39 is 5.54 Å². The molecule has 1 aliphatic heterocycles. The molecule has 1 unspecified atom stereocenters. The van der Waals surface area contributed by atoms with Gasteiger partial charge in [-0.2, -0.15) is 0 Å². The van der Waals surface area contributed by atoms with Crippen molar-refractivity contribution < 1.29 is 14.6 Å². The highest BCUT2D eigenvalue weighted by Gasteiger charge is 2.33. The van der Waals surface area contributed by atoms with Crippen molar-refractivity contribution in [1.29, 1.82) is 0 Å². The smallest absolute Gasteiger partial charge is 0.128 e. The minimum Gasteiger partial charge on any atom is -0.497 e. The monoisotopic (exact) mass is 209 g/mol. The van der Waals surface area contributed by atoms with Crippen molar-refractivity contribution in [2.24, 2.45) is 5.73 Å². The summed E-state index contributed by atoms with van der Waals surface area (Å²) in [5, 5.41) is 9.31. The van der Waals surface area contributed by atoms with E-state index in [2.05, 4.69) is 0 Å². The van der Waals surface area contributed by atoms with Crippen molar-refractivity contribution in [3.63, 3.8) is 0 Å². The van der Waals surface area contributed by atoms with E-state index in [1.165, 1.54) is 0 Å². The maximum Gasteiger partial charge on any atom is 0.128 e. The summed E-state index contributed by atoms with van der Waals surface area (Å²) in [4.78, 5) is 0. The van der Waals surface area contributed by atoms with Crippen LogP contribution in [0.15, 0.2) is 18.2 Å². The van der Waals surface area contributed by atoms with E-state index in [1.54, 1.807) is 13.2 Å². The molecule has 0 amide bonds. The van der Waals surface area contributed by atoms with Gasteiger partial charge < -0.3 is 20.3 Å². The van der Waals surface area contributed by atoms with E-state index in [-0.39, 0.29) is 6.61 Å². The molecule has 0 saturated carbocycles. The van der Waals surface area contributed by atoms with Gasteiger partial charge in [0, 0.05) is 18.1 Å². The summed E-state index contributed by atoms with van der Waals surface area (Å²) in [6.07, 6.45) is 0.628. The van der Waals surface area contributed by atoms with E-state index in [0.29, 0.717) is 18.8 Å². The molecule has 1 atom stereocenters. The van der Waals surface area contributed by atoms with Crippen LogP contribution >= 0.6 is 0 Å². The van der Waals surface area contributed by atoms with Crippen molar-refractivity contribution in [3.05, 3.63) is 23.8 Å². The zero-order chi connectivity index (χ0) is 10.9. The number of fused-ring (bicyclic) bond motifs is 1. The van der Waals surface area contributed by atoms with Gasteiger partial charge in [-0.25, -0.2) is 0 Å². The Morgan fingerprint density at radius 3 is 3.07 bits per heavy atom. The molecule has 1 heterocycles. The summed E-state index contributed by atoms with van der Waals surface area (Å²) in [5.41, 5.74) is 6.25. The summed E-state index contributed by atoms with van der Waals surface area (Å²) in [5.74, 6) is 1.44. The highest BCUT2D eigenvalue weighted by Crippen LogP contribution is 2.37. The number of hydrogen-bond donors (Lipinski definition) is 2. The molecule has 0 aliphatic carbocycles. The largest absolute Gasteiger partial charge is 0.497 e. The molecule has 82 valence electrons. The van der Waals surface area contributed by atoms with E-state index in [1.807, 2.05) is 12.1 Å². The van der Waals surface area contributed by atoms with Gasteiger partial charge in [0.05, 0.1) is 25.9 Å². The lowest BCUT2D eigenvalue weighted by Gasteiger charge is -2.34. The second-order valence-electron chi connectivity index (χ2n) is 3.77. The lowest BCUT2D eigenvalue weighted by molar-refractivity contribution is 0.138. The van der Waals surface area contributed by atoms with Crippen LogP contribution in [0.1, 0.15) is 12.0 Å². The van der Waals surface area contributed by atoms with Gasteiger partial charge in [0.25, 0.3) is 0 Å². The van der Waals surface area contributed by atoms with Gasteiger partial charge in [-0.1, -0.05) is 0 Å². The van der Waals surface area contributed by atoms with Gasteiger partial charge in [0.1, 0.15) is 11.5 Å². The van der Waals surface area contributed by atoms with Crippen LogP contribution in [-0.4, -0.2) is 25.4 Å². The molecule has 4 nitrogen and oxygen atoms in total. The Morgan fingerprint density at radius 1 is 1.60 bits per heavy atom. The molecule has 3 N–H and O–H groups in total. The predicted molar refractivity (Wildman–Crippen MR) is 56.1 cm³/mol. The minimum atomic E-state index is -0.681. The van der Waals surface area contributed by atoms with Crippen LogP contribution in [0.2, 0.25) is 0 Å². The summed E-state index contributed by atoms with van der Waals surface area (Å²) < 4.78 is 10.6. The van der Waals surface area contributed by atoms with Crippen LogP contribution in [0.25, 0.3) is 0 Å². The number of aliphatic hydroxyl groups excluding tert-OH is 1. The number of rotatable bonds is 2. The lowest BCUT2D eigenvalue weighted by Crippen LogP contribution is -2.44. The topological polar surface area (TPSA) is 64.7 Å². The highest BCUT2D eigenvalue weighted by molar-refractivity contribution is 5.45. The van der Waals surface area contributed by atoms with Crippen molar-refractivity contribution in [1.82, 2.24) is 0 Å². The Bertz CT molecular complexity index is 367. The molecule has 0 radical (unpaired) electrons. The standard InChI is InChI=1S/C11H15NO3/c1-14-8-2-3-9-10(6-8)15-5-4-11(9,12)7-13/h2-3,6,13H,4-5,7,12H2,1H3. The maximum atomic E-state index is 9.31. The van der Waals surface area contributed by atoms with E-state index in [4.69, 9.17) is 15.2 Å². The summed E-state index contributed by atoms with van der Waals surface area (Å²) in [6.45, 7) is 0.451. The number of benzene rings is 1. The first-order valence-electron chi connectivity index (χ1n) is 4.91. The Labute approximate surface area is 88.6 Å². The number of methoxy groups -OCH3 is 1. The maximum absolute atomic E-state index is 9.31. The molecule has 15 heavy (non-hydrogen) atoms. The fourth-order valence-electron chi connectivity index (χ4n) is 1.80. The van der Waals surface area contributed by atoms with Crippen molar-refractivity contribution in [2.45, 2.75) is 12.0 Å². The SMILES string of the molecule is COc1ccc2c(c1)OCCC2(N)CO. The Kier molecular flexibility index (Phi) is 2.54. The van der Waals surface area contributed by atoms with Gasteiger partial charge in [-0.3, -0.25) is 0 Å². The average Bonchev–Trinajstić information content (AvgIpc) is 2.29. The number of aliphatic hydroxyl groups is 1. The molecule has 0 spiro atoms. The third-order valence-electron chi connectivity index (χ3n) is 2.81. The molecule has 0 saturated heterocycles. The van der Waals surface area contributed by atoms with E-state index in [0.717, 1.165) is 11.3 Å². The first kappa shape index (κ1) is 10.3. The van der Waals surface area contributed by atoms with Crippen molar-refractivity contribution in [2.75, 3.05) is 20.3 Å². The Morgan fingerprint density at radius 2 is 2.40 bits per heavy atom. The van der Waals surface area contributed by atoms with E-state index >= 15 is 0 Å². The van der Waals surface area contributed by atoms with Crippen LogP contribution < -0.4 is 15.2 Å². The summed E-state index contributed by atoms with van der Waals surface area (Å²) >= 11 is 0. The number of hydrogen-bond acceptors (Lipinski definition) is 4. The van der Waals surface area contributed by atoms with Gasteiger partial charge in [0.2, 0.25) is 0 Å². The molecule has 1 aliphatic rings. The van der Waals surface area contributed by atoms with Crippen LogP contribution in [0.4, 0.5) is 0 Å². The molecular formula is C11H15NO3. The predicted octanol–water partition coefficient (Wildman–Crippen LogP) is 0.624. The first-order chi connectivity index (χ1) is 7.19. The summed E-state index contributed by atoms with van der Waals surface area (Å²) in [7, 11) is 1.60. The second kappa shape index (κ2) is 3.72. The fourth-order valence-corrected chi connectivity index (χ4v) is 1.80. The zero-order valence-corrected chi connectivity index (χ0v) is 8.69. The number of nitrogens with two attached hydrogens (primary N) is 1. The number of ether oxygens (including phenoxy) is 2. The molecule has 0 bridgehead atoms. The van der Waals surface area contributed by atoms with Crippen LogP contribution in [0.3, 0.4) is 0 Å². The molecule has 0 fully saturated rings. The van der Waals surface area contributed by atoms with Gasteiger partial charge in [0.15, 0.2) is 0 Å². The molecular weight excluding hydrogens is 194 g/mol. The molecule has 1 aromatic rings. The third-order valence-corrected chi connectivity index (χ3v) is 2.81. The van der Waals surface area contributed by atoms with Gasteiger partial charge in [-0.05, 0) is 12.1 Å². The van der Waals surface area contributed by atoms with Gasteiger partial charge >= 0.3 is 0 Å². The fraction of sp³-hybridized carbons (Fsp3) is 0.455. The summed E-state index contributed by atoms with van der Waals surface area (Å²) in [6, 6.07) is 5.47. The van der Waals surface area contributed by atoms with Crippen LogP contribution in [0.5, 0.6) is 11.5 Å². The lowest BCUT2D eigenvalue weighted by atomic mass is 9.86. The molecule has 4 heteroatoms. The van der Waals surface area contributed by atoms with Crippen molar-refractivity contribution >= 4 is 0 Å². The zero-order valence-electron chi connectivity index (χ0n) is 8.69. The quantitative estimate of drug-likeness (QED) is 0.749. The highest BCUT2D eigenvalue weighted by atomic mass is 16.5. The van der Waals surface area contributed by atoms with Crippen LogP contribution in [-0.2, 0) is 5.54 Å². The van der Waals surface area contributed by atoms with Crippen LogP contribution in [0, 0.1) is 0 Å². The third kappa shape index (κ3) is 1.66. The molecule has 0 aromatic heterocycles. The minimum absolute atomic E-state index is 0.0737. The average molecular weight is 209 g/mol.